The lowest BCUT2D eigenvalue weighted by molar-refractivity contribution is 0.0759. The van der Waals surface area contributed by atoms with Crippen molar-refractivity contribution in [3.05, 3.63) is 23.7 Å². The quantitative estimate of drug-likeness (QED) is 0.696. The Kier molecular flexibility index (Phi) is 5.72. The van der Waals surface area contributed by atoms with Crippen LogP contribution in [0.15, 0.2) is 16.5 Å². The summed E-state index contributed by atoms with van der Waals surface area (Å²) >= 11 is 0. The molecular formula is C12H20N2O3. The molecule has 1 aromatic rings. The Labute approximate surface area is 101 Å². The van der Waals surface area contributed by atoms with Gasteiger partial charge in [-0.15, -0.1) is 0 Å². The maximum Gasteiger partial charge on any atom is 0.289 e. The molecule has 0 fully saturated rings. The fourth-order valence-corrected chi connectivity index (χ4v) is 1.53. The average Bonchev–Trinajstić information content (AvgIpc) is 2.82. The van der Waals surface area contributed by atoms with Crippen LogP contribution in [0.3, 0.4) is 0 Å². The van der Waals surface area contributed by atoms with E-state index in [1.807, 2.05) is 0 Å². The molecule has 0 aliphatic heterocycles. The molecule has 0 atom stereocenters. The van der Waals surface area contributed by atoms with E-state index < -0.39 is 0 Å². The lowest BCUT2D eigenvalue weighted by Crippen LogP contribution is -2.27. The van der Waals surface area contributed by atoms with Gasteiger partial charge in [-0.2, -0.15) is 0 Å². The van der Waals surface area contributed by atoms with E-state index in [1.54, 1.807) is 24.1 Å². The molecule has 0 saturated heterocycles. The van der Waals surface area contributed by atoms with Crippen LogP contribution in [0.25, 0.3) is 0 Å². The summed E-state index contributed by atoms with van der Waals surface area (Å²) < 4.78 is 5.29. The Hall–Kier alpha value is -1.33. The standard InChI is InChI=1S/C12H20N2O3/c1-14(7-3-2-4-8-15)12(16)11-6-5-10(9-13)17-11/h5-6,15H,2-4,7-9,13H2,1H3. The van der Waals surface area contributed by atoms with Crippen molar-refractivity contribution in [3.8, 4) is 0 Å². The Morgan fingerprint density at radius 1 is 1.41 bits per heavy atom. The predicted octanol–water partition coefficient (Wildman–Crippen LogP) is 0.973. The Morgan fingerprint density at radius 3 is 2.76 bits per heavy atom. The average molecular weight is 240 g/mol. The third kappa shape index (κ3) is 4.20. The highest BCUT2D eigenvalue weighted by Gasteiger charge is 2.15. The number of hydrogen-bond acceptors (Lipinski definition) is 4. The molecule has 0 aromatic carbocycles. The summed E-state index contributed by atoms with van der Waals surface area (Å²) in [6.07, 6.45) is 2.58. The summed E-state index contributed by atoms with van der Waals surface area (Å²) in [5, 5.41) is 8.64. The lowest BCUT2D eigenvalue weighted by Gasteiger charge is -2.15. The van der Waals surface area contributed by atoms with Crippen LogP contribution < -0.4 is 5.73 Å². The van der Waals surface area contributed by atoms with Crippen molar-refractivity contribution in [2.75, 3.05) is 20.2 Å². The van der Waals surface area contributed by atoms with Crippen LogP contribution in [0.5, 0.6) is 0 Å². The molecule has 5 nitrogen and oxygen atoms in total. The highest BCUT2D eigenvalue weighted by molar-refractivity contribution is 5.91. The highest BCUT2D eigenvalue weighted by atomic mass is 16.4. The summed E-state index contributed by atoms with van der Waals surface area (Å²) in [4.78, 5) is 13.5. The summed E-state index contributed by atoms with van der Waals surface area (Å²) in [6, 6.07) is 3.36. The molecule has 0 bridgehead atoms. The van der Waals surface area contributed by atoms with Crippen molar-refractivity contribution in [3.63, 3.8) is 0 Å². The van der Waals surface area contributed by atoms with Gasteiger partial charge in [-0.3, -0.25) is 4.79 Å². The number of amides is 1. The number of carbonyl (C=O) groups excluding carboxylic acids is 1. The van der Waals surface area contributed by atoms with Gasteiger partial charge in [0.15, 0.2) is 5.76 Å². The molecule has 0 aliphatic carbocycles. The van der Waals surface area contributed by atoms with Crippen LogP contribution in [0, 0.1) is 0 Å². The summed E-state index contributed by atoms with van der Waals surface area (Å²) in [5.41, 5.74) is 5.41. The van der Waals surface area contributed by atoms with Crippen LogP contribution in [-0.4, -0.2) is 36.1 Å². The van der Waals surface area contributed by atoms with Crippen LogP contribution in [0.2, 0.25) is 0 Å². The third-order valence-corrected chi connectivity index (χ3v) is 2.57. The fraction of sp³-hybridized carbons (Fsp3) is 0.583. The summed E-state index contributed by atoms with van der Waals surface area (Å²) in [6.45, 7) is 1.17. The molecule has 0 radical (unpaired) electrons. The lowest BCUT2D eigenvalue weighted by atomic mass is 10.2. The van der Waals surface area contributed by atoms with Crippen molar-refractivity contribution in [2.45, 2.75) is 25.8 Å². The molecular weight excluding hydrogens is 220 g/mol. The number of hydrogen-bond donors (Lipinski definition) is 2. The second-order valence-corrected chi connectivity index (χ2v) is 3.98. The van der Waals surface area contributed by atoms with Crippen molar-refractivity contribution >= 4 is 5.91 Å². The first-order valence-corrected chi connectivity index (χ1v) is 5.84. The van der Waals surface area contributed by atoms with Gasteiger partial charge in [-0.05, 0) is 31.4 Å². The van der Waals surface area contributed by atoms with Gasteiger partial charge in [0.25, 0.3) is 5.91 Å². The minimum atomic E-state index is -0.131. The first-order valence-electron chi connectivity index (χ1n) is 5.84. The molecule has 96 valence electrons. The Morgan fingerprint density at radius 2 is 2.18 bits per heavy atom. The first kappa shape index (κ1) is 13.7. The molecule has 0 spiro atoms. The van der Waals surface area contributed by atoms with Crippen molar-refractivity contribution in [1.29, 1.82) is 0 Å². The van der Waals surface area contributed by atoms with Crippen LogP contribution in [0.4, 0.5) is 0 Å². The van der Waals surface area contributed by atoms with Crippen molar-refractivity contribution < 1.29 is 14.3 Å². The van der Waals surface area contributed by atoms with Crippen LogP contribution in [-0.2, 0) is 6.54 Å². The Bertz CT molecular complexity index is 349. The van der Waals surface area contributed by atoms with E-state index in [0.29, 0.717) is 24.6 Å². The van der Waals surface area contributed by atoms with Gasteiger partial charge in [0.05, 0.1) is 6.54 Å². The number of rotatable bonds is 7. The topological polar surface area (TPSA) is 79.7 Å². The SMILES string of the molecule is CN(CCCCCO)C(=O)c1ccc(CN)o1. The molecule has 5 heteroatoms. The maximum atomic E-state index is 11.9. The van der Waals surface area contributed by atoms with Crippen LogP contribution in [0.1, 0.15) is 35.6 Å². The summed E-state index contributed by atoms with van der Waals surface area (Å²) in [5.74, 6) is 0.811. The van der Waals surface area contributed by atoms with E-state index in [-0.39, 0.29) is 12.5 Å². The normalized spacial score (nSPS) is 10.5. The molecule has 1 aromatic heterocycles. The molecule has 17 heavy (non-hydrogen) atoms. The van der Waals surface area contributed by atoms with Crippen LogP contribution >= 0.6 is 0 Å². The number of aliphatic hydroxyl groups is 1. The highest BCUT2D eigenvalue weighted by Crippen LogP contribution is 2.10. The van der Waals surface area contributed by atoms with E-state index in [2.05, 4.69) is 0 Å². The van der Waals surface area contributed by atoms with Gasteiger partial charge in [0.1, 0.15) is 5.76 Å². The van der Waals surface area contributed by atoms with E-state index in [0.717, 1.165) is 19.3 Å². The van der Waals surface area contributed by atoms with Gasteiger partial charge in [-0.25, -0.2) is 0 Å². The van der Waals surface area contributed by atoms with Gasteiger partial charge in [0, 0.05) is 20.2 Å². The van der Waals surface area contributed by atoms with Gasteiger partial charge in [-0.1, -0.05) is 0 Å². The van der Waals surface area contributed by atoms with Gasteiger partial charge >= 0.3 is 0 Å². The molecule has 1 rings (SSSR count). The van der Waals surface area contributed by atoms with Crippen molar-refractivity contribution in [1.82, 2.24) is 4.90 Å². The number of unbranched alkanes of at least 4 members (excludes halogenated alkanes) is 2. The Balaban J connectivity index is 2.40. The van der Waals surface area contributed by atoms with Gasteiger partial charge in [0.2, 0.25) is 0 Å². The smallest absolute Gasteiger partial charge is 0.289 e. The van der Waals surface area contributed by atoms with E-state index in [9.17, 15) is 4.79 Å². The maximum absolute atomic E-state index is 11.9. The number of carbonyl (C=O) groups is 1. The van der Waals surface area contributed by atoms with Crippen molar-refractivity contribution in [2.24, 2.45) is 5.73 Å². The predicted molar refractivity (Wildman–Crippen MR) is 64.5 cm³/mol. The molecule has 1 amide bonds. The number of furan rings is 1. The molecule has 0 saturated carbocycles. The number of nitrogens with zero attached hydrogens (tertiary/aromatic N) is 1. The van der Waals surface area contributed by atoms with E-state index in [1.165, 1.54) is 0 Å². The zero-order valence-corrected chi connectivity index (χ0v) is 10.2. The fourth-order valence-electron chi connectivity index (χ4n) is 1.53. The van der Waals surface area contributed by atoms with E-state index in [4.69, 9.17) is 15.3 Å². The summed E-state index contributed by atoms with van der Waals surface area (Å²) in [7, 11) is 1.74. The number of nitrogens with two attached hydrogens (primary N) is 1. The largest absolute Gasteiger partial charge is 0.455 e. The minimum absolute atomic E-state index is 0.131. The monoisotopic (exact) mass is 240 g/mol. The second-order valence-electron chi connectivity index (χ2n) is 3.98. The molecule has 0 aliphatic rings. The number of aliphatic hydroxyl groups excluding tert-OH is 1. The minimum Gasteiger partial charge on any atom is -0.455 e. The first-order chi connectivity index (χ1) is 8.19. The zero-order valence-electron chi connectivity index (χ0n) is 10.2. The second kappa shape index (κ2) is 7.09. The third-order valence-electron chi connectivity index (χ3n) is 2.57. The molecule has 1 heterocycles. The zero-order chi connectivity index (χ0) is 12.7. The van der Waals surface area contributed by atoms with E-state index >= 15 is 0 Å². The molecule has 3 N–H and O–H groups in total. The van der Waals surface area contributed by atoms with Gasteiger partial charge < -0.3 is 20.2 Å². The molecule has 0 unspecified atom stereocenters.